The average Bonchev–Trinajstić information content (AvgIpc) is 2.86. The summed E-state index contributed by atoms with van der Waals surface area (Å²) in [5.74, 6) is 0.273. The SMILES string of the molecule is CCCn1cccc1CNc1ccc(F)cc1OCC. The van der Waals surface area contributed by atoms with E-state index in [-0.39, 0.29) is 5.82 Å². The molecule has 0 fully saturated rings. The topological polar surface area (TPSA) is 26.2 Å². The third kappa shape index (κ3) is 3.53. The lowest BCUT2D eigenvalue weighted by atomic mass is 10.2. The van der Waals surface area contributed by atoms with Gasteiger partial charge in [0.1, 0.15) is 11.6 Å². The number of benzene rings is 1. The molecular formula is C16H21FN2O. The van der Waals surface area contributed by atoms with Gasteiger partial charge in [-0.3, -0.25) is 0 Å². The van der Waals surface area contributed by atoms with Gasteiger partial charge in [0, 0.05) is 24.5 Å². The summed E-state index contributed by atoms with van der Waals surface area (Å²) >= 11 is 0. The van der Waals surface area contributed by atoms with Gasteiger partial charge in [-0.25, -0.2) is 4.39 Å². The Labute approximate surface area is 119 Å². The second-order valence-corrected chi connectivity index (χ2v) is 4.62. The number of aryl methyl sites for hydroxylation is 1. The smallest absolute Gasteiger partial charge is 0.145 e. The van der Waals surface area contributed by atoms with Crippen LogP contribution in [0, 0.1) is 5.82 Å². The lowest BCUT2D eigenvalue weighted by molar-refractivity contribution is 0.339. The summed E-state index contributed by atoms with van der Waals surface area (Å²) in [6.07, 6.45) is 3.18. The van der Waals surface area contributed by atoms with Gasteiger partial charge in [0.2, 0.25) is 0 Å². The van der Waals surface area contributed by atoms with Gasteiger partial charge in [-0.05, 0) is 37.6 Å². The number of ether oxygens (including phenoxy) is 1. The average molecular weight is 276 g/mol. The molecule has 2 aromatic rings. The van der Waals surface area contributed by atoms with Crippen LogP contribution in [0.15, 0.2) is 36.5 Å². The van der Waals surface area contributed by atoms with Crippen LogP contribution in [0.25, 0.3) is 0 Å². The first-order valence-electron chi connectivity index (χ1n) is 7.04. The van der Waals surface area contributed by atoms with Crippen molar-refractivity contribution in [2.24, 2.45) is 0 Å². The van der Waals surface area contributed by atoms with E-state index in [1.165, 1.54) is 17.8 Å². The summed E-state index contributed by atoms with van der Waals surface area (Å²) in [6, 6.07) is 8.70. The van der Waals surface area contributed by atoms with Crippen molar-refractivity contribution in [2.75, 3.05) is 11.9 Å². The maximum Gasteiger partial charge on any atom is 0.145 e. The maximum absolute atomic E-state index is 13.2. The van der Waals surface area contributed by atoms with Crippen LogP contribution in [0.2, 0.25) is 0 Å². The highest BCUT2D eigenvalue weighted by molar-refractivity contribution is 5.56. The van der Waals surface area contributed by atoms with E-state index in [1.54, 1.807) is 6.07 Å². The van der Waals surface area contributed by atoms with E-state index in [0.29, 0.717) is 18.9 Å². The Kier molecular flexibility index (Phi) is 5.04. The van der Waals surface area contributed by atoms with Gasteiger partial charge in [-0.2, -0.15) is 0 Å². The first-order valence-corrected chi connectivity index (χ1v) is 7.04. The van der Waals surface area contributed by atoms with Gasteiger partial charge in [-0.15, -0.1) is 0 Å². The molecule has 1 aromatic heterocycles. The Morgan fingerprint density at radius 3 is 2.85 bits per heavy atom. The van der Waals surface area contributed by atoms with E-state index in [2.05, 4.69) is 29.1 Å². The molecule has 4 heteroatoms. The Balaban J connectivity index is 2.08. The molecule has 0 spiro atoms. The van der Waals surface area contributed by atoms with Crippen LogP contribution >= 0.6 is 0 Å². The number of halogens is 1. The lowest BCUT2D eigenvalue weighted by Crippen LogP contribution is -2.08. The number of nitrogens with zero attached hydrogens (tertiary/aromatic N) is 1. The van der Waals surface area contributed by atoms with Crippen LogP contribution in [0.4, 0.5) is 10.1 Å². The molecule has 0 amide bonds. The van der Waals surface area contributed by atoms with E-state index < -0.39 is 0 Å². The molecule has 1 heterocycles. The number of rotatable bonds is 7. The predicted molar refractivity (Wildman–Crippen MR) is 79.6 cm³/mol. The predicted octanol–water partition coefficient (Wildman–Crippen LogP) is 4.05. The van der Waals surface area contributed by atoms with Gasteiger partial charge in [-0.1, -0.05) is 6.92 Å². The molecule has 3 nitrogen and oxygen atoms in total. The van der Waals surface area contributed by atoms with Crippen molar-refractivity contribution < 1.29 is 9.13 Å². The van der Waals surface area contributed by atoms with E-state index in [9.17, 15) is 4.39 Å². The fourth-order valence-corrected chi connectivity index (χ4v) is 2.17. The maximum atomic E-state index is 13.2. The zero-order valence-corrected chi connectivity index (χ0v) is 12.0. The molecule has 2 rings (SSSR count). The minimum atomic E-state index is -0.284. The van der Waals surface area contributed by atoms with Crippen molar-refractivity contribution in [3.63, 3.8) is 0 Å². The molecule has 0 saturated heterocycles. The third-order valence-corrected chi connectivity index (χ3v) is 3.09. The highest BCUT2D eigenvalue weighted by Crippen LogP contribution is 2.26. The summed E-state index contributed by atoms with van der Waals surface area (Å²) in [5, 5.41) is 3.31. The largest absolute Gasteiger partial charge is 0.492 e. The minimum Gasteiger partial charge on any atom is -0.492 e. The zero-order valence-electron chi connectivity index (χ0n) is 12.0. The second-order valence-electron chi connectivity index (χ2n) is 4.62. The zero-order chi connectivity index (χ0) is 14.4. The first-order chi connectivity index (χ1) is 9.74. The van der Waals surface area contributed by atoms with Gasteiger partial charge in [0.05, 0.1) is 18.8 Å². The molecule has 0 bridgehead atoms. The quantitative estimate of drug-likeness (QED) is 0.825. The molecule has 1 aromatic carbocycles. The fraction of sp³-hybridized carbons (Fsp3) is 0.375. The third-order valence-electron chi connectivity index (χ3n) is 3.09. The van der Waals surface area contributed by atoms with Crippen LogP contribution in [0.3, 0.4) is 0 Å². The highest BCUT2D eigenvalue weighted by Gasteiger charge is 2.06. The molecular weight excluding hydrogens is 255 g/mol. The summed E-state index contributed by atoms with van der Waals surface area (Å²) in [5.41, 5.74) is 2.02. The number of aromatic nitrogens is 1. The monoisotopic (exact) mass is 276 g/mol. The Bertz CT molecular complexity index is 551. The van der Waals surface area contributed by atoms with Crippen LogP contribution in [-0.4, -0.2) is 11.2 Å². The second kappa shape index (κ2) is 6.98. The molecule has 0 aliphatic heterocycles. The van der Waals surface area contributed by atoms with Crippen molar-refractivity contribution in [3.8, 4) is 5.75 Å². The highest BCUT2D eigenvalue weighted by atomic mass is 19.1. The van der Waals surface area contributed by atoms with Crippen molar-refractivity contribution in [1.29, 1.82) is 0 Å². The van der Waals surface area contributed by atoms with Crippen LogP contribution < -0.4 is 10.1 Å². The van der Waals surface area contributed by atoms with E-state index in [1.807, 2.05) is 13.0 Å². The Hall–Kier alpha value is -1.97. The number of hydrogen-bond donors (Lipinski definition) is 1. The first kappa shape index (κ1) is 14.4. The molecule has 0 aliphatic carbocycles. The Morgan fingerprint density at radius 1 is 1.25 bits per heavy atom. The van der Waals surface area contributed by atoms with Crippen molar-refractivity contribution in [1.82, 2.24) is 4.57 Å². The lowest BCUT2D eigenvalue weighted by Gasteiger charge is -2.14. The van der Waals surface area contributed by atoms with E-state index in [4.69, 9.17) is 4.74 Å². The van der Waals surface area contributed by atoms with Crippen molar-refractivity contribution in [2.45, 2.75) is 33.4 Å². The molecule has 0 unspecified atom stereocenters. The number of nitrogens with one attached hydrogen (secondary N) is 1. The summed E-state index contributed by atoms with van der Waals surface area (Å²) in [7, 11) is 0. The molecule has 0 radical (unpaired) electrons. The van der Waals surface area contributed by atoms with E-state index >= 15 is 0 Å². The summed E-state index contributed by atoms with van der Waals surface area (Å²) in [4.78, 5) is 0. The fourth-order valence-electron chi connectivity index (χ4n) is 2.17. The standard InChI is InChI=1S/C16H21FN2O/c1-3-9-19-10-5-6-14(19)12-18-15-8-7-13(17)11-16(15)20-4-2/h5-8,10-11,18H,3-4,9,12H2,1-2H3. The van der Waals surface area contributed by atoms with Crippen molar-refractivity contribution in [3.05, 3.63) is 48.0 Å². The van der Waals surface area contributed by atoms with Crippen LogP contribution in [0.5, 0.6) is 5.75 Å². The summed E-state index contributed by atoms with van der Waals surface area (Å²) < 4.78 is 20.9. The minimum absolute atomic E-state index is 0.284. The van der Waals surface area contributed by atoms with Crippen LogP contribution in [0.1, 0.15) is 26.0 Å². The molecule has 108 valence electrons. The number of hydrogen-bond acceptors (Lipinski definition) is 2. The molecule has 0 saturated carbocycles. The van der Waals surface area contributed by atoms with Gasteiger partial charge in [0.25, 0.3) is 0 Å². The molecule has 0 aliphatic rings. The molecule has 20 heavy (non-hydrogen) atoms. The molecule has 1 N–H and O–H groups in total. The van der Waals surface area contributed by atoms with Gasteiger partial charge >= 0.3 is 0 Å². The van der Waals surface area contributed by atoms with E-state index in [0.717, 1.165) is 18.7 Å². The Morgan fingerprint density at radius 2 is 2.10 bits per heavy atom. The summed E-state index contributed by atoms with van der Waals surface area (Å²) in [6.45, 7) is 6.26. The normalized spacial score (nSPS) is 10.6. The van der Waals surface area contributed by atoms with Crippen molar-refractivity contribution >= 4 is 5.69 Å². The van der Waals surface area contributed by atoms with Gasteiger partial charge in [0.15, 0.2) is 0 Å². The number of anilines is 1. The van der Waals surface area contributed by atoms with Gasteiger partial charge < -0.3 is 14.6 Å². The molecule has 0 atom stereocenters. The van der Waals surface area contributed by atoms with Crippen LogP contribution in [-0.2, 0) is 13.1 Å².